The molecule has 0 radical (unpaired) electrons. The first-order valence-corrected chi connectivity index (χ1v) is 9.69. The van der Waals surface area contributed by atoms with Crippen molar-refractivity contribution < 1.29 is 0 Å². The van der Waals surface area contributed by atoms with Crippen LogP contribution in [0.2, 0.25) is 10.0 Å². The average Bonchev–Trinajstić information content (AvgIpc) is 2.33. The number of halogens is 4. The Hall–Kier alpha value is -0.183. The molecule has 0 aliphatic rings. The molecule has 0 saturated carbocycles. The summed E-state index contributed by atoms with van der Waals surface area (Å²) in [6, 6.07) is 14.9. The Labute approximate surface area is 120 Å². The number of rotatable bonds is 2. The Balaban J connectivity index is 2.56. The summed E-state index contributed by atoms with van der Waals surface area (Å²) in [6.45, 7) is -2.80. The van der Waals surface area contributed by atoms with Crippen LogP contribution in [-0.2, 0) is 0 Å². The molecule has 0 fully saturated rings. The van der Waals surface area contributed by atoms with Gasteiger partial charge in [-0.15, -0.1) is 22.2 Å². The quantitative estimate of drug-likeness (QED) is 0.578. The second-order valence-electron chi connectivity index (χ2n) is 3.54. The van der Waals surface area contributed by atoms with E-state index in [0.29, 0.717) is 10.0 Å². The SMILES string of the molecule is Clc1cccc([Si](Cl)(Cl)c2ccccc2)c1Cl. The zero-order chi connectivity index (χ0) is 12.5. The molecule has 17 heavy (non-hydrogen) atoms. The second-order valence-corrected chi connectivity index (χ2v) is 10.6. The minimum Gasteiger partial charge on any atom is -0.134 e. The highest BCUT2D eigenvalue weighted by Gasteiger charge is 2.35. The van der Waals surface area contributed by atoms with Gasteiger partial charge in [0.15, 0.2) is 0 Å². The van der Waals surface area contributed by atoms with Crippen LogP contribution in [0.5, 0.6) is 0 Å². The molecule has 0 N–H and O–H groups in total. The summed E-state index contributed by atoms with van der Waals surface area (Å²) in [5.74, 6) is 0. The van der Waals surface area contributed by atoms with E-state index >= 15 is 0 Å². The van der Waals surface area contributed by atoms with Gasteiger partial charge >= 0.3 is 6.69 Å². The Bertz CT molecular complexity index is 525. The standard InChI is InChI=1S/C12H8Cl4Si/c13-10-7-4-8-11(12(10)14)17(15,16)9-5-2-1-3-6-9/h1-8H. The largest absolute Gasteiger partial charge is 0.311 e. The summed E-state index contributed by atoms with van der Waals surface area (Å²) in [7, 11) is 0. The molecule has 0 aliphatic carbocycles. The van der Waals surface area contributed by atoms with Gasteiger partial charge in [0.25, 0.3) is 0 Å². The fourth-order valence-corrected chi connectivity index (χ4v) is 5.98. The minimum absolute atomic E-state index is 0.440. The molecule has 0 atom stereocenters. The summed E-state index contributed by atoms with van der Waals surface area (Å²) in [5, 5.41) is 2.53. The third-order valence-electron chi connectivity index (χ3n) is 2.43. The topological polar surface area (TPSA) is 0 Å². The van der Waals surface area contributed by atoms with Gasteiger partial charge in [0.05, 0.1) is 10.0 Å². The van der Waals surface area contributed by atoms with E-state index in [-0.39, 0.29) is 0 Å². The van der Waals surface area contributed by atoms with Crippen LogP contribution in [0.1, 0.15) is 0 Å². The predicted molar refractivity (Wildman–Crippen MR) is 79.6 cm³/mol. The van der Waals surface area contributed by atoms with Gasteiger partial charge in [-0.05, 0) is 16.4 Å². The van der Waals surface area contributed by atoms with E-state index in [9.17, 15) is 0 Å². The highest BCUT2D eigenvalue weighted by atomic mass is 35.7. The van der Waals surface area contributed by atoms with E-state index in [1.54, 1.807) is 12.1 Å². The van der Waals surface area contributed by atoms with Crippen molar-refractivity contribution in [3.8, 4) is 0 Å². The van der Waals surface area contributed by atoms with Crippen LogP contribution >= 0.6 is 45.4 Å². The van der Waals surface area contributed by atoms with Crippen molar-refractivity contribution in [2.45, 2.75) is 0 Å². The maximum absolute atomic E-state index is 6.53. The molecule has 0 unspecified atom stereocenters. The maximum atomic E-state index is 6.53. The molecule has 2 aromatic carbocycles. The van der Waals surface area contributed by atoms with Crippen molar-refractivity contribution in [2.75, 3.05) is 0 Å². The van der Waals surface area contributed by atoms with Crippen molar-refractivity contribution in [1.82, 2.24) is 0 Å². The summed E-state index contributed by atoms with van der Waals surface area (Å²) in [6.07, 6.45) is 0. The van der Waals surface area contributed by atoms with Gasteiger partial charge in [-0.3, -0.25) is 0 Å². The van der Waals surface area contributed by atoms with E-state index < -0.39 is 6.69 Å². The molecule has 0 heterocycles. The summed E-state index contributed by atoms with van der Waals surface area (Å²) in [5.41, 5.74) is 0. The zero-order valence-electron chi connectivity index (χ0n) is 8.63. The first kappa shape index (κ1) is 13.3. The van der Waals surface area contributed by atoms with Crippen molar-refractivity contribution in [2.24, 2.45) is 0 Å². The van der Waals surface area contributed by atoms with Gasteiger partial charge in [-0.2, -0.15) is 0 Å². The smallest absolute Gasteiger partial charge is 0.134 e. The van der Waals surface area contributed by atoms with E-state index in [0.717, 1.165) is 10.4 Å². The number of benzene rings is 2. The van der Waals surface area contributed by atoms with Crippen LogP contribution in [0.25, 0.3) is 0 Å². The Morgan fingerprint density at radius 1 is 0.765 bits per heavy atom. The van der Waals surface area contributed by atoms with Gasteiger partial charge in [0.1, 0.15) is 0 Å². The molecule has 2 rings (SSSR count). The van der Waals surface area contributed by atoms with Gasteiger partial charge in [-0.25, -0.2) is 0 Å². The summed E-state index contributed by atoms with van der Waals surface area (Å²) in [4.78, 5) is 0. The number of hydrogen-bond acceptors (Lipinski definition) is 0. The fourth-order valence-electron chi connectivity index (χ4n) is 1.55. The van der Waals surface area contributed by atoms with Crippen molar-refractivity contribution in [3.63, 3.8) is 0 Å². The van der Waals surface area contributed by atoms with E-state index in [4.69, 9.17) is 45.4 Å². The van der Waals surface area contributed by atoms with Gasteiger partial charge < -0.3 is 0 Å². The van der Waals surface area contributed by atoms with E-state index in [1.165, 1.54) is 0 Å². The zero-order valence-corrected chi connectivity index (χ0v) is 12.7. The first-order chi connectivity index (χ1) is 8.03. The average molecular weight is 322 g/mol. The third kappa shape index (κ3) is 2.64. The molecule has 0 amide bonds. The molecule has 2 aromatic rings. The van der Waals surface area contributed by atoms with E-state index in [2.05, 4.69) is 0 Å². The first-order valence-electron chi connectivity index (χ1n) is 4.91. The molecule has 0 bridgehead atoms. The van der Waals surface area contributed by atoms with Crippen molar-refractivity contribution in [3.05, 3.63) is 58.6 Å². The second kappa shape index (κ2) is 5.21. The van der Waals surface area contributed by atoms with Crippen LogP contribution in [0.4, 0.5) is 0 Å². The van der Waals surface area contributed by atoms with Gasteiger partial charge in [0, 0.05) is 0 Å². The molecule has 0 saturated heterocycles. The monoisotopic (exact) mass is 320 g/mol. The van der Waals surface area contributed by atoms with Crippen LogP contribution in [-0.4, -0.2) is 6.69 Å². The summed E-state index contributed by atoms with van der Waals surface area (Å²) < 4.78 is 0. The van der Waals surface area contributed by atoms with E-state index in [1.807, 2.05) is 36.4 Å². The Morgan fingerprint density at radius 3 is 2.06 bits per heavy atom. The van der Waals surface area contributed by atoms with Gasteiger partial charge in [-0.1, -0.05) is 65.7 Å². The highest BCUT2D eigenvalue weighted by Crippen LogP contribution is 2.25. The van der Waals surface area contributed by atoms with Crippen LogP contribution in [0, 0.1) is 0 Å². The lowest BCUT2D eigenvalue weighted by Crippen LogP contribution is -2.49. The molecule has 0 aromatic heterocycles. The third-order valence-corrected chi connectivity index (χ3v) is 8.09. The molecule has 0 spiro atoms. The van der Waals surface area contributed by atoms with Crippen LogP contribution in [0.15, 0.2) is 48.5 Å². The lowest BCUT2D eigenvalue weighted by Gasteiger charge is -2.19. The highest BCUT2D eigenvalue weighted by molar-refractivity contribution is 7.56. The predicted octanol–water partition coefficient (Wildman–Crippen LogP) is 4.03. The van der Waals surface area contributed by atoms with Crippen molar-refractivity contribution in [1.29, 1.82) is 0 Å². The molecule has 88 valence electrons. The fraction of sp³-hybridized carbons (Fsp3) is 0. The molecule has 5 heteroatoms. The van der Waals surface area contributed by atoms with Crippen LogP contribution < -0.4 is 10.4 Å². The maximum Gasteiger partial charge on any atom is 0.311 e. The Morgan fingerprint density at radius 2 is 1.41 bits per heavy atom. The van der Waals surface area contributed by atoms with Crippen LogP contribution in [0.3, 0.4) is 0 Å². The lowest BCUT2D eigenvalue weighted by atomic mass is 10.4. The molecule has 0 nitrogen and oxygen atoms in total. The number of hydrogen-bond donors (Lipinski definition) is 0. The summed E-state index contributed by atoms with van der Waals surface area (Å²) >= 11 is 25.2. The molecular formula is C12H8Cl4Si. The molecular weight excluding hydrogens is 314 g/mol. The lowest BCUT2D eigenvalue weighted by molar-refractivity contribution is 1.73. The van der Waals surface area contributed by atoms with Gasteiger partial charge in [0.2, 0.25) is 0 Å². The molecule has 0 aliphatic heterocycles. The normalized spacial score (nSPS) is 11.5. The Kier molecular flexibility index (Phi) is 4.06. The van der Waals surface area contributed by atoms with Crippen molar-refractivity contribution >= 4 is 62.4 Å². The minimum atomic E-state index is -2.80.